The number of hydrogen-bond acceptors (Lipinski definition) is 3. The molecule has 1 unspecified atom stereocenters. The minimum Gasteiger partial charge on any atom is -0.356 e. The summed E-state index contributed by atoms with van der Waals surface area (Å²) in [6, 6.07) is 10.2. The van der Waals surface area contributed by atoms with Crippen molar-refractivity contribution in [2.24, 2.45) is 5.73 Å². The van der Waals surface area contributed by atoms with Crippen LogP contribution >= 0.6 is 7.60 Å². The van der Waals surface area contributed by atoms with Gasteiger partial charge in [0.2, 0.25) is 0 Å². The highest BCUT2D eigenvalue weighted by atomic mass is 31.2. The minimum atomic E-state index is -3.90. The predicted molar refractivity (Wildman–Crippen MR) is 65.4 cm³/mol. The second-order valence-corrected chi connectivity index (χ2v) is 5.71. The fourth-order valence-electron chi connectivity index (χ4n) is 1.28. The SMILES string of the molecule is CC(N)c1ccccc1.C[C@H]1O[C@H]1P(=O)(O)O. The molecule has 0 spiro atoms. The van der Waals surface area contributed by atoms with E-state index in [9.17, 15) is 4.57 Å². The van der Waals surface area contributed by atoms with Crippen LogP contribution in [0.2, 0.25) is 0 Å². The van der Waals surface area contributed by atoms with Crippen LogP contribution in [0.5, 0.6) is 0 Å². The smallest absolute Gasteiger partial charge is 0.356 e. The van der Waals surface area contributed by atoms with E-state index in [2.05, 4.69) is 4.74 Å². The standard InChI is InChI=1S/C8H11N.C3H7O4P/c1-7(9)8-5-3-2-4-6-8;1-2-3(7-2)8(4,5)6/h2-7H,9H2,1H3;2-3H,1H3,(H2,4,5,6)/t;2-,3+/m.1/s1. The molecule has 0 bridgehead atoms. The van der Waals surface area contributed by atoms with Crippen molar-refractivity contribution < 1.29 is 19.1 Å². The first-order chi connectivity index (χ1) is 7.82. The third-order valence-electron chi connectivity index (χ3n) is 2.34. The van der Waals surface area contributed by atoms with Crippen molar-refractivity contribution in [1.82, 2.24) is 0 Å². The molecule has 0 radical (unpaired) electrons. The van der Waals surface area contributed by atoms with Gasteiger partial charge in [0.25, 0.3) is 0 Å². The Labute approximate surface area is 101 Å². The minimum absolute atomic E-state index is 0.159. The van der Waals surface area contributed by atoms with Crippen molar-refractivity contribution in [3.63, 3.8) is 0 Å². The summed E-state index contributed by atoms with van der Waals surface area (Å²) in [5.74, 6) is -0.817. The summed E-state index contributed by atoms with van der Waals surface area (Å²) in [6.07, 6.45) is -0.254. The quantitative estimate of drug-likeness (QED) is 0.554. The Morgan fingerprint density at radius 3 is 2.00 bits per heavy atom. The van der Waals surface area contributed by atoms with Crippen molar-refractivity contribution in [2.75, 3.05) is 0 Å². The Bertz CT molecular complexity index is 390. The molecule has 1 heterocycles. The molecule has 2 rings (SSSR count). The van der Waals surface area contributed by atoms with Crippen LogP contribution in [0.1, 0.15) is 25.5 Å². The monoisotopic (exact) mass is 259 g/mol. The maximum Gasteiger partial charge on any atom is 0.356 e. The molecule has 5 nitrogen and oxygen atoms in total. The Hall–Kier alpha value is -0.710. The van der Waals surface area contributed by atoms with E-state index in [4.69, 9.17) is 15.5 Å². The first-order valence-electron chi connectivity index (χ1n) is 5.33. The van der Waals surface area contributed by atoms with Crippen LogP contribution in [-0.4, -0.2) is 21.7 Å². The molecule has 0 aromatic heterocycles. The van der Waals surface area contributed by atoms with Crippen molar-refractivity contribution in [3.8, 4) is 0 Å². The van der Waals surface area contributed by atoms with E-state index < -0.39 is 13.4 Å². The van der Waals surface area contributed by atoms with E-state index in [-0.39, 0.29) is 12.1 Å². The van der Waals surface area contributed by atoms with Crippen molar-refractivity contribution in [1.29, 1.82) is 0 Å². The lowest BCUT2D eigenvalue weighted by Crippen LogP contribution is -2.03. The lowest BCUT2D eigenvalue weighted by molar-refractivity contribution is 0.333. The van der Waals surface area contributed by atoms with Crippen LogP contribution in [0, 0.1) is 0 Å². The number of epoxide rings is 1. The summed E-state index contributed by atoms with van der Waals surface area (Å²) in [5.41, 5.74) is 6.81. The largest absolute Gasteiger partial charge is 0.356 e. The van der Waals surface area contributed by atoms with Crippen LogP contribution < -0.4 is 5.73 Å². The fourth-order valence-corrected chi connectivity index (χ4v) is 2.18. The molecule has 1 aliphatic heterocycles. The molecule has 4 N–H and O–H groups in total. The zero-order valence-corrected chi connectivity index (χ0v) is 10.7. The second kappa shape index (κ2) is 5.76. The lowest BCUT2D eigenvalue weighted by atomic mass is 10.1. The number of nitrogens with two attached hydrogens (primary N) is 1. The van der Waals surface area contributed by atoms with E-state index in [0.717, 1.165) is 0 Å². The van der Waals surface area contributed by atoms with Crippen molar-refractivity contribution in [3.05, 3.63) is 35.9 Å². The molecule has 1 aromatic rings. The van der Waals surface area contributed by atoms with Gasteiger partial charge in [0, 0.05) is 6.04 Å². The molecule has 96 valence electrons. The molecule has 1 saturated heterocycles. The van der Waals surface area contributed by atoms with Gasteiger partial charge in [-0.3, -0.25) is 4.57 Å². The van der Waals surface area contributed by atoms with E-state index in [1.807, 2.05) is 37.3 Å². The van der Waals surface area contributed by atoms with E-state index in [1.54, 1.807) is 6.92 Å². The van der Waals surface area contributed by atoms with Crippen LogP contribution in [0.3, 0.4) is 0 Å². The number of ether oxygens (including phenoxy) is 1. The summed E-state index contributed by atoms with van der Waals surface area (Å²) < 4.78 is 14.7. The lowest BCUT2D eigenvalue weighted by Gasteiger charge is -2.02. The van der Waals surface area contributed by atoms with Crippen LogP contribution in [0.15, 0.2) is 30.3 Å². The molecule has 1 aromatic carbocycles. The van der Waals surface area contributed by atoms with Gasteiger partial charge >= 0.3 is 7.60 Å². The zero-order valence-electron chi connectivity index (χ0n) is 9.85. The highest BCUT2D eigenvalue weighted by Crippen LogP contribution is 2.52. The maximum atomic E-state index is 10.2. The molecule has 0 aliphatic carbocycles. The molecular formula is C11H18NO4P. The average Bonchev–Trinajstić information content (AvgIpc) is 2.98. The third-order valence-corrected chi connectivity index (χ3v) is 3.54. The summed E-state index contributed by atoms with van der Waals surface area (Å²) in [7, 11) is -3.90. The highest BCUT2D eigenvalue weighted by molar-refractivity contribution is 7.52. The molecule has 0 amide bonds. The summed E-state index contributed by atoms with van der Waals surface area (Å²) in [5, 5.41) is 0. The molecule has 0 saturated carbocycles. The van der Waals surface area contributed by atoms with Gasteiger partial charge in [-0.2, -0.15) is 0 Å². The molecule has 1 aliphatic rings. The maximum absolute atomic E-state index is 10.2. The average molecular weight is 259 g/mol. The Morgan fingerprint density at radius 2 is 1.82 bits per heavy atom. The van der Waals surface area contributed by atoms with Gasteiger partial charge in [0.05, 0.1) is 6.10 Å². The predicted octanol–water partition coefficient (Wildman–Crippen LogP) is 1.62. The Kier molecular flexibility index (Phi) is 4.86. The number of rotatable bonds is 2. The van der Waals surface area contributed by atoms with Crippen LogP contribution in [0.25, 0.3) is 0 Å². The molecule has 3 atom stereocenters. The zero-order chi connectivity index (χ0) is 13.1. The fraction of sp³-hybridized carbons (Fsp3) is 0.455. The highest BCUT2D eigenvalue weighted by Gasteiger charge is 2.48. The van der Waals surface area contributed by atoms with Gasteiger partial charge in [0.15, 0.2) is 5.85 Å². The summed E-state index contributed by atoms with van der Waals surface area (Å²) >= 11 is 0. The van der Waals surface area contributed by atoms with E-state index in [1.165, 1.54) is 5.56 Å². The molecule has 17 heavy (non-hydrogen) atoms. The van der Waals surface area contributed by atoms with Gasteiger partial charge in [-0.1, -0.05) is 30.3 Å². The van der Waals surface area contributed by atoms with Gasteiger partial charge in [-0.15, -0.1) is 0 Å². The van der Waals surface area contributed by atoms with Gasteiger partial charge in [-0.25, -0.2) is 0 Å². The van der Waals surface area contributed by atoms with Crippen LogP contribution in [-0.2, 0) is 9.30 Å². The first-order valence-corrected chi connectivity index (χ1v) is 7.01. The first kappa shape index (κ1) is 14.4. The Morgan fingerprint density at radius 1 is 1.35 bits per heavy atom. The van der Waals surface area contributed by atoms with Crippen LogP contribution in [0.4, 0.5) is 0 Å². The second-order valence-electron chi connectivity index (χ2n) is 4.02. The Balaban J connectivity index is 0.000000171. The van der Waals surface area contributed by atoms with Gasteiger partial charge < -0.3 is 20.3 Å². The van der Waals surface area contributed by atoms with E-state index in [0.29, 0.717) is 0 Å². The topological polar surface area (TPSA) is 96.1 Å². The summed E-state index contributed by atoms with van der Waals surface area (Å²) in [6.45, 7) is 3.61. The number of hydrogen-bond donors (Lipinski definition) is 3. The van der Waals surface area contributed by atoms with Crippen molar-refractivity contribution in [2.45, 2.75) is 31.8 Å². The number of benzene rings is 1. The molecule has 1 fully saturated rings. The van der Waals surface area contributed by atoms with Gasteiger partial charge in [-0.05, 0) is 19.4 Å². The third kappa shape index (κ3) is 4.98. The molecular weight excluding hydrogens is 241 g/mol. The van der Waals surface area contributed by atoms with Crippen molar-refractivity contribution >= 4 is 7.60 Å². The van der Waals surface area contributed by atoms with Gasteiger partial charge in [0.1, 0.15) is 0 Å². The van der Waals surface area contributed by atoms with E-state index >= 15 is 0 Å². The summed E-state index contributed by atoms with van der Waals surface area (Å²) in [4.78, 5) is 16.6. The molecule has 6 heteroatoms. The normalized spacial score (nSPS) is 24.5.